The van der Waals surface area contributed by atoms with Crippen LogP contribution in [0.25, 0.3) is 0 Å². The Morgan fingerprint density at radius 3 is 2.90 bits per heavy atom. The average Bonchev–Trinajstić information content (AvgIpc) is 1.96. The van der Waals surface area contributed by atoms with E-state index in [4.69, 9.17) is 0 Å². The molecule has 0 saturated carbocycles. The van der Waals surface area contributed by atoms with Gasteiger partial charge in [-0.2, -0.15) is 0 Å². The third-order valence-electron chi connectivity index (χ3n) is 1.92. The standard InChI is InChI=1S/C7H12FNO/c1-2-7(10)3-4-9-5-6(7)8/h2,6,9-10H,1,3-5H2/t6-,7+/m1/s1. The lowest BCUT2D eigenvalue weighted by Gasteiger charge is -2.32. The van der Waals surface area contributed by atoms with Gasteiger partial charge in [-0.1, -0.05) is 6.08 Å². The maximum atomic E-state index is 12.8. The Labute approximate surface area is 59.7 Å². The van der Waals surface area contributed by atoms with E-state index in [0.717, 1.165) is 0 Å². The van der Waals surface area contributed by atoms with E-state index in [-0.39, 0.29) is 6.54 Å². The largest absolute Gasteiger partial charge is 0.383 e. The van der Waals surface area contributed by atoms with Gasteiger partial charge in [0, 0.05) is 6.54 Å². The van der Waals surface area contributed by atoms with Crippen LogP contribution >= 0.6 is 0 Å². The second kappa shape index (κ2) is 2.68. The molecule has 0 unspecified atom stereocenters. The fraction of sp³-hybridized carbons (Fsp3) is 0.714. The first-order chi connectivity index (χ1) is 4.69. The van der Waals surface area contributed by atoms with Gasteiger partial charge in [-0.25, -0.2) is 4.39 Å². The van der Waals surface area contributed by atoms with Gasteiger partial charge < -0.3 is 10.4 Å². The normalized spacial score (nSPS) is 41.2. The third kappa shape index (κ3) is 1.20. The molecule has 1 fully saturated rings. The minimum absolute atomic E-state index is 0.225. The minimum Gasteiger partial charge on any atom is -0.383 e. The Balaban J connectivity index is 2.62. The van der Waals surface area contributed by atoms with Gasteiger partial charge in [-0.15, -0.1) is 6.58 Å². The first-order valence-electron chi connectivity index (χ1n) is 3.40. The molecular weight excluding hydrogens is 133 g/mol. The summed E-state index contributed by atoms with van der Waals surface area (Å²) in [7, 11) is 0. The smallest absolute Gasteiger partial charge is 0.145 e. The monoisotopic (exact) mass is 145 g/mol. The van der Waals surface area contributed by atoms with Crippen molar-refractivity contribution in [3.8, 4) is 0 Å². The summed E-state index contributed by atoms with van der Waals surface area (Å²) < 4.78 is 12.8. The van der Waals surface area contributed by atoms with Crippen LogP contribution in [0.15, 0.2) is 12.7 Å². The van der Waals surface area contributed by atoms with E-state index in [0.29, 0.717) is 13.0 Å². The predicted molar refractivity (Wildman–Crippen MR) is 37.5 cm³/mol. The molecule has 1 aliphatic rings. The van der Waals surface area contributed by atoms with Gasteiger partial charge in [0.25, 0.3) is 0 Å². The molecule has 0 aromatic heterocycles. The fourth-order valence-electron chi connectivity index (χ4n) is 1.08. The van der Waals surface area contributed by atoms with Crippen molar-refractivity contribution < 1.29 is 9.50 Å². The minimum atomic E-state index is -1.29. The zero-order chi connectivity index (χ0) is 7.61. The summed E-state index contributed by atoms with van der Waals surface area (Å²) in [5.74, 6) is 0. The van der Waals surface area contributed by atoms with Crippen molar-refractivity contribution in [1.29, 1.82) is 0 Å². The molecule has 1 rings (SSSR count). The Morgan fingerprint density at radius 2 is 2.50 bits per heavy atom. The molecule has 2 nitrogen and oxygen atoms in total. The van der Waals surface area contributed by atoms with Crippen molar-refractivity contribution in [3.63, 3.8) is 0 Å². The maximum absolute atomic E-state index is 12.8. The number of alkyl halides is 1. The average molecular weight is 145 g/mol. The fourth-order valence-corrected chi connectivity index (χ4v) is 1.08. The Hall–Kier alpha value is -0.410. The van der Waals surface area contributed by atoms with Crippen LogP contribution in [-0.4, -0.2) is 30.0 Å². The summed E-state index contributed by atoms with van der Waals surface area (Å²) in [5, 5.41) is 12.3. The number of hydrogen-bond donors (Lipinski definition) is 2. The van der Waals surface area contributed by atoms with Crippen LogP contribution in [0, 0.1) is 0 Å². The Kier molecular flexibility index (Phi) is 2.06. The number of hydrogen-bond acceptors (Lipinski definition) is 2. The van der Waals surface area contributed by atoms with Gasteiger partial charge in [0.15, 0.2) is 0 Å². The van der Waals surface area contributed by atoms with Crippen molar-refractivity contribution >= 4 is 0 Å². The molecule has 3 heteroatoms. The van der Waals surface area contributed by atoms with Crippen molar-refractivity contribution in [2.75, 3.05) is 13.1 Å². The highest BCUT2D eigenvalue weighted by Gasteiger charge is 2.36. The molecule has 1 aliphatic heterocycles. The van der Waals surface area contributed by atoms with E-state index in [1.807, 2.05) is 0 Å². The Morgan fingerprint density at radius 1 is 1.80 bits per heavy atom. The molecule has 2 N–H and O–H groups in total. The lowest BCUT2D eigenvalue weighted by molar-refractivity contribution is -0.0144. The molecule has 2 atom stereocenters. The summed E-state index contributed by atoms with van der Waals surface area (Å²) in [6.07, 6.45) is 0.495. The number of rotatable bonds is 1. The molecule has 0 aromatic rings. The van der Waals surface area contributed by atoms with E-state index in [2.05, 4.69) is 11.9 Å². The molecule has 10 heavy (non-hydrogen) atoms. The SMILES string of the molecule is C=C[C@]1(O)CCNC[C@H]1F. The molecule has 0 radical (unpaired) electrons. The number of aliphatic hydroxyl groups is 1. The van der Waals surface area contributed by atoms with E-state index >= 15 is 0 Å². The lowest BCUT2D eigenvalue weighted by atomic mass is 9.91. The Bertz CT molecular complexity index is 140. The highest BCUT2D eigenvalue weighted by atomic mass is 19.1. The summed E-state index contributed by atoms with van der Waals surface area (Å²) >= 11 is 0. The zero-order valence-corrected chi connectivity index (χ0v) is 5.81. The van der Waals surface area contributed by atoms with Crippen molar-refractivity contribution in [1.82, 2.24) is 5.32 Å². The van der Waals surface area contributed by atoms with Crippen LogP contribution in [0.1, 0.15) is 6.42 Å². The molecule has 58 valence electrons. The molecule has 0 amide bonds. The van der Waals surface area contributed by atoms with Gasteiger partial charge in [0.2, 0.25) is 0 Å². The first-order valence-corrected chi connectivity index (χ1v) is 3.40. The van der Waals surface area contributed by atoms with E-state index < -0.39 is 11.8 Å². The molecule has 0 aliphatic carbocycles. The molecule has 0 bridgehead atoms. The van der Waals surface area contributed by atoms with Gasteiger partial charge in [-0.05, 0) is 13.0 Å². The lowest BCUT2D eigenvalue weighted by Crippen LogP contribution is -2.50. The van der Waals surface area contributed by atoms with E-state index in [1.54, 1.807) is 0 Å². The van der Waals surface area contributed by atoms with Crippen LogP contribution in [0.2, 0.25) is 0 Å². The molecule has 1 heterocycles. The van der Waals surface area contributed by atoms with Crippen LogP contribution < -0.4 is 5.32 Å². The summed E-state index contributed by atoms with van der Waals surface area (Å²) in [5.41, 5.74) is -1.29. The van der Waals surface area contributed by atoms with Crippen LogP contribution in [-0.2, 0) is 0 Å². The summed E-state index contributed by atoms with van der Waals surface area (Å²) in [4.78, 5) is 0. The first kappa shape index (κ1) is 7.69. The highest BCUT2D eigenvalue weighted by Crippen LogP contribution is 2.21. The van der Waals surface area contributed by atoms with Gasteiger partial charge in [-0.3, -0.25) is 0 Å². The molecule has 0 spiro atoms. The van der Waals surface area contributed by atoms with Crippen LogP contribution in [0.4, 0.5) is 4.39 Å². The van der Waals surface area contributed by atoms with Gasteiger partial charge in [0.05, 0.1) is 0 Å². The van der Waals surface area contributed by atoms with E-state index in [9.17, 15) is 9.50 Å². The quantitative estimate of drug-likeness (QED) is 0.518. The van der Waals surface area contributed by atoms with Gasteiger partial charge >= 0.3 is 0 Å². The van der Waals surface area contributed by atoms with Crippen LogP contribution in [0.3, 0.4) is 0 Å². The van der Waals surface area contributed by atoms with Crippen molar-refractivity contribution in [2.24, 2.45) is 0 Å². The highest BCUT2D eigenvalue weighted by molar-refractivity contribution is 5.04. The number of piperidine rings is 1. The molecule has 0 aromatic carbocycles. The van der Waals surface area contributed by atoms with E-state index in [1.165, 1.54) is 6.08 Å². The third-order valence-corrected chi connectivity index (χ3v) is 1.92. The maximum Gasteiger partial charge on any atom is 0.145 e. The van der Waals surface area contributed by atoms with Crippen LogP contribution in [0.5, 0.6) is 0 Å². The van der Waals surface area contributed by atoms with Gasteiger partial charge in [0.1, 0.15) is 11.8 Å². The molecule has 1 saturated heterocycles. The van der Waals surface area contributed by atoms with Crippen molar-refractivity contribution in [3.05, 3.63) is 12.7 Å². The second-order valence-electron chi connectivity index (χ2n) is 2.62. The zero-order valence-electron chi connectivity index (χ0n) is 5.81. The second-order valence-corrected chi connectivity index (χ2v) is 2.62. The molecular formula is C7H12FNO. The predicted octanol–water partition coefficient (Wildman–Crippen LogP) is 0.235. The topological polar surface area (TPSA) is 32.3 Å². The summed E-state index contributed by atoms with van der Waals surface area (Å²) in [6, 6.07) is 0. The summed E-state index contributed by atoms with van der Waals surface area (Å²) in [6.45, 7) is 4.27. The van der Waals surface area contributed by atoms with Crippen molar-refractivity contribution in [2.45, 2.75) is 18.2 Å². The number of halogens is 1. The number of nitrogens with one attached hydrogen (secondary N) is 1.